The van der Waals surface area contributed by atoms with Gasteiger partial charge in [0.2, 0.25) is 11.7 Å². The summed E-state index contributed by atoms with van der Waals surface area (Å²) in [6.07, 6.45) is 1.52. The largest absolute Gasteiger partial charge is 0.457 e. The van der Waals surface area contributed by atoms with E-state index >= 15 is 0 Å². The second-order valence-electron chi connectivity index (χ2n) is 4.35. The Morgan fingerprint density at radius 1 is 1.22 bits per heavy atom. The van der Waals surface area contributed by atoms with Crippen LogP contribution in [0.4, 0.5) is 0 Å². The van der Waals surface area contributed by atoms with Gasteiger partial charge in [0, 0.05) is 6.92 Å². The second kappa shape index (κ2) is 7.15. The third-order valence-electron chi connectivity index (χ3n) is 1.47. The molecule has 0 aromatic carbocycles. The molecule has 0 heterocycles. The minimum atomic E-state index is -0.622. The van der Waals surface area contributed by atoms with Gasteiger partial charge in [0.1, 0.15) is 5.60 Å². The Morgan fingerprint density at radius 3 is 2.17 bits per heavy atom. The Bertz CT molecular complexity index is 370. The van der Waals surface area contributed by atoms with Gasteiger partial charge in [0.15, 0.2) is 11.5 Å². The van der Waals surface area contributed by atoms with Crippen LogP contribution < -0.4 is 0 Å². The van der Waals surface area contributed by atoms with E-state index in [-0.39, 0.29) is 5.71 Å². The fourth-order valence-electron chi connectivity index (χ4n) is 0.862. The zero-order chi connectivity index (χ0) is 14.3. The Balaban J connectivity index is 4.40. The van der Waals surface area contributed by atoms with Gasteiger partial charge in [0.05, 0.1) is 0 Å². The number of oxime groups is 1. The lowest BCUT2D eigenvalue weighted by molar-refractivity contribution is -0.160. The number of carbonyl (C=O) groups is 3. The van der Waals surface area contributed by atoms with Crippen LogP contribution in [0.2, 0.25) is 0 Å². The second-order valence-corrected chi connectivity index (χ2v) is 5.13. The summed E-state index contributed by atoms with van der Waals surface area (Å²) in [5.41, 5.74) is -0.950. The normalized spacial score (nSPS) is 11.9. The molecule has 0 saturated heterocycles. The fourth-order valence-corrected chi connectivity index (χ4v) is 1.24. The van der Waals surface area contributed by atoms with Crippen molar-refractivity contribution in [2.24, 2.45) is 5.16 Å². The van der Waals surface area contributed by atoms with Crippen molar-refractivity contribution < 1.29 is 24.0 Å². The Kier molecular flexibility index (Phi) is 6.61. The van der Waals surface area contributed by atoms with E-state index in [1.54, 1.807) is 20.8 Å². The van der Waals surface area contributed by atoms with E-state index in [0.29, 0.717) is 0 Å². The summed E-state index contributed by atoms with van der Waals surface area (Å²) in [5, 5.41) is 2.85. The van der Waals surface area contributed by atoms with Crippen LogP contribution in [-0.2, 0) is 24.0 Å². The molecule has 0 bridgehead atoms. The summed E-state index contributed by atoms with van der Waals surface area (Å²) in [5.74, 6) is -1.13. The van der Waals surface area contributed by atoms with Crippen LogP contribution >= 0.6 is 11.8 Å². The van der Waals surface area contributed by atoms with Crippen molar-refractivity contribution in [2.45, 2.75) is 33.3 Å². The van der Waals surface area contributed by atoms with Gasteiger partial charge in [-0.15, -0.1) is 0 Å². The lowest BCUT2D eigenvalue weighted by atomic mass is 10.2. The van der Waals surface area contributed by atoms with E-state index in [0.717, 1.165) is 11.8 Å². The van der Waals surface area contributed by atoms with Gasteiger partial charge >= 0.3 is 5.97 Å². The average molecular weight is 275 g/mol. The van der Waals surface area contributed by atoms with E-state index in [4.69, 9.17) is 4.74 Å². The van der Waals surface area contributed by atoms with Gasteiger partial charge < -0.3 is 9.57 Å². The van der Waals surface area contributed by atoms with Crippen molar-refractivity contribution in [1.29, 1.82) is 0 Å². The molecule has 102 valence electrons. The quantitative estimate of drug-likeness (QED) is 0.324. The van der Waals surface area contributed by atoms with Crippen LogP contribution in [0.15, 0.2) is 5.16 Å². The maximum atomic E-state index is 11.3. The molecule has 0 saturated carbocycles. The number of ketones is 1. The standard InChI is InChI=1S/C11H17NO5S/c1-7(13)9(10(15)18-5)12-16-6-8(14)17-11(2,3)4/h6H2,1-5H3. The zero-order valence-electron chi connectivity index (χ0n) is 11.1. The molecule has 0 aliphatic carbocycles. The Hall–Kier alpha value is -1.37. The first-order chi connectivity index (χ1) is 8.17. The van der Waals surface area contributed by atoms with Crippen LogP contribution in [0.3, 0.4) is 0 Å². The highest BCUT2D eigenvalue weighted by Crippen LogP contribution is 2.07. The van der Waals surface area contributed by atoms with Gasteiger partial charge in [-0.2, -0.15) is 0 Å². The molecule has 0 radical (unpaired) electrons. The van der Waals surface area contributed by atoms with Gasteiger partial charge in [-0.05, 0) is 27.0 Å². The summed E-state index contributed by atoms with van der Waals surface area (Å²) in [4.78, 5) is 38.3. The highest BCUT2D eigenvalue weighted by molar-refractivity contribution is 8.15. The third-order valence-corrected chi connectivity index (χ3v) is 2.03. The maximum Gasteiger partial charge on any atom is 0.347 e. The molecule has 0 unspecified atom stereocenters. The molecular weight excluding hydrogens is 258 g/mol. The molecule has 6 nitrogen and oxygen atoms in total. The molecule has 0 rings (SSSR count). The van der Waals surface area contributed by atoms with E-state index in [1.807, 2.05) is 0 Å². The number of hydrogen-bond donors (Lipinski definition) is 0. The van der Waals surface area contributed by atoms with Crippen molar-refractivity contribution in [3.8, 4) is 0 Å². The molecule has 0 aliphatic heterocycles. The van der Waals surface area contributed by atoms with Crippen LogP contribution in [0.5, 0.6) is 0 Å². The number of rotatable bonds is 5. The van der Waals surface area contributed by atoms with Crippen molar-refractivity contribution in [3.63, 3.8) is 0 Å². The highest BCUT2D eigenvalue weighted by Gasteiger charge is 2.19. The van der Waals surface area contributed by atoms with E-state index in [9.17, 15) is 14.4 Å². The fraction of sp³-hybridized carbons (Fsp3) is 0.636. The van der Waals surface area contributed by atoms with Gasteiger partial charge in [-0.25, -0.2) is 4.79 Å². The van der Waals surface area contributed by atoms with Gasteiger partial charge in [-0.1, -0.05) is 16.9 Å². The first-order valence-electron chi connectivity index (χ1n) is 5.18. The number of hydrogen-bond acceptors (Lipinski definition) is 7. The van der Waals surface area contributed by atoms with Crippen molar-refractivity contribution >= 4 is 34.3 Å². The molecule has 0 N–H and O–H groups in total. The van der Waals surface area contributed by atoms with Crippen LogP contribution in [0.25, 0.3) is 0 Å². The molecule has 18 heavy (non-hydrogen) atoms. The van der Waals surface area contributed by atoms with Crippen LogP contribution in [0, 0.1) is 0 Å². The molecule has 0 spiro atoms. The van der Waals surface area contributed by atoms with Crippen LogP contribution in [-0.4, -0.2) is 41.0 Å². The third kappa shape index (κ3) is 7.05. The smallest absolute Gasteiger partial charge is 0.347 e. The molecular formula is C11H17NO5S. The van der Waals surface area contributed by atoms with Crippen LogP contribution in [0.1, 0.15) is 27.7 Å². The Morgan fingerprint density at radius 2 is 1.78 bits per heavy atom. The predicted molar refractivity (Wildman–Crippen MR) is 68.4 cm³/mol. The van der Waals surface area contributed by atoms with Gasteiger partial charge in [0.25, 0.3) is 0 Å². The van der Waals surface area contributed by atoms with E-state index < -0.39 is 29.1 Å². The lowest BCUT2D eigenvalue weighted by Crippen LogP contribution is -2.26. The Labute approximate surface area is 110 Å². The van der Waals surface area contributed by atoms with Crippen molar-refractivity contribution in [3.05, 3.63) is 0 Å². The highest BCUT2D eigenvalue weighted by atomic mass is 32.2. The summed E-state index contributed by atoms with van der Waals surface area (Å²) in [7, 11) is 0. The number of nitrogens with zero attached hydrogens (tertiary/aromatic N) is 1. The molecule has 0 aromatic rings. The average Bonchev–Trinajstić information content (AvgIpc) is 2.20. The van der Waals surface area contributed by atoms with Crippen molar-refractivity contribution in [2.75, 3.05) is 12.9 Å². The minimum absolute atomic E-state index is 0.328. The monoisotopic (exact) mass is 275 g/mol. The lowest BCUT2D eigenvalue weighted by Gasteiger charge is -2.18. The first kappa shape index (κ1) is 16.6. The summed E-state index contributed by atoms with van der Waals surface area (Å²) in [6.45, 7) is 5.89. The van der Waals surface area contributed by atoms with Crippen molar-refractivity contribution in [1.82, 2.24) is 0 Å². The maximum absolute atomic E-state index is 11.3. The summed E-state index contributed by atoms with van der Waals surface area (Å²) in [6, 6.07) is 0. The molecule has 7 heteroatoms. The number of thioether (sulfide) groups is 1. The van der Waals surface area contributed by atoms with Gasteiger partial charge in [-0.3, -0.25) is 9.59 Å². The first-order valence-corrected chi connectivity index (χ1v) is 6.41. The zero-order valence-corrected chi connectivity index (χ0v) is 11.9. The number of ether oxygens (including phenoxy) is 1. The minimum Gasteiger partial charge on any atom is -0.457 e. The summed E-state index contributed by atoms with van der Waals surface area (Å²) >= 11 is 0.843. The number of Topliss-reactive ketones (excluding diaryl/α,β-unsaturated/α-hetero) is 1. The topological polar surface area (TPSA) is 82.0 Å². The SMILES string of the molecule is CSC(=O)C(=NOCC(=O)OC(C)(C)C)C(C)=O. The summed E-state index contributed by atoms with van der Waals surface area (Å²) < 4.78 is 4.96. The van der Waals surface area contributed by atoms with E-state index in [1.165, 1.54) is 13.2 Å². The van der Waals surface area contributed by atoms with E-state index in [2.05, 4.69) is 9.99 Å². The molecule has 0 aliphatic rings. The number of esters is 1. The molecule has 0 amide bonds. The molecule has 0 aromatic heterocycles. The predicted octanol–water partition coefficient (Wildman–Crippen LogP) is 1.18. The molecule has 0 atom stereocenters. The number of carbonyl (C=O) groups excluding carboxylic acids is 3. The molecule has 0 fully saturated rings.